The Kier molecular flexibility index (Phi) is 4.01. The van der Waals surface area contributed by atoms with Gasteiger partial charge in [0.25, 0.3) is 0 Å². The molecule has 2 N–H and O–H groups in total. The van der Waals surface area contributed by atoms with Crippen molar-refractivity contribution >= 4 is 17.3 Å². The zero-order valence-corrected chi connectivity index (χ0v) is 12.2. The zero-order chi connectivity index (χ0) is 13.8. The standard InChI is InChI=1S/C14H18N4OS/c1-2-15-14(18-10-5-6-10)16-8-11-9-19-13(17-11)12-4-3-7-20-12/h3-4,7,9-10H,2,5-6,8H2,1H3,(H2,15,16,18). The molecule has 106 valence electrons. The van der Waals surface area contributed by atoms with Crippen molar-refractivity contribution in [2.24, 2.45) is 4.99 Å². The van der Waals surface area contributed by atoms with Crippen molar-refractivity contribution in [2.45, 2.75) is 32.4 Å². The van der Waals surface area contributed by atoms with Gasteiger partial charge in [-0.3, -0.25) is 0 Å². The van der Waals surface area contributed by atoms with E-state index in [-0.39, 0.29) is 0 Å². The SMILES string of the molecule is CCNC(=NCc1coc(-c2cccs2)n1)NC1CC1. The van der Waals surface area contributed by atoms with Crippen LogP contribution in [0.1, 0.15) is 25.5 Å². The number of thiophene rings is 1. The van der Waals surface area contributed by atoms with Crippen molar-refractivity contribution < 1.29 is 4.42 Å². The third kappa shape index (κ3) is 3.39. The number of hydrogen-bond acceptors (Lipinski definition) is 4. The molecule has 0 atom stereocenters. The molecule has 0 aromatic carbocycles. The molecule has 0 saturated heterocycles. The molecular formula is C14H18N4OS. The number of nitrogens with zero attached hydrogens (tertiary/aromatic N) is 2. The number of aliphatic imine (C=N–C) groups is 1. The first-order valence-electron chi connectivity index (χ1n) is 6.88. The maximum Gasteiger partial charge on any atom is 0.236 e. The van der Waals surface area contributed by atoms with Crippen LogP contribution in [0.15, 0.2) is 33.2 Å². The number of oxazole rings is 1. The Morgan fingerprint density at radius 2 is 2.45 bits per heavy atom. The van der Waals surface area contributed by atoms with Crippen LogP contribution in [0.2, 0.25) is 0 Å². The summed E-state index contributed by atoms with van der Waals surface area (Å²) in [7, 11) is 0. The Labute approximate surface area is 122 Å². The van der Waals surface area contributed by atoms with Gasteiger partial charge in [-0.1, -0.05) is 6.07 Å². The Morgan fingerprint density at radius 3 is 3.15 bits per heavy atom. The third-order valence-electron chi connectivity index (χ3n) is 2.95. The third-order valence-corrected chi connectivity index (χ3v) is 3.80. The molecule has 0 aliphatic heterocycles. The van der Waals surface area contributed by atoms with E-state index in [9.17, 15) is 0 Å². The van der Waals surface area contributed by atoms with Crippen LogP contribution in [0.3, 0.4) is 0 Å². The quantitative estimate of drug-likeness (QED) is 0.656. The van der Waals surface area contributed by atoms with E-state index in [4.69, 9.17) is 4.42 Å². The Morgan fingerprint density at radius 1 is 1.55 bits per heavy atom. The van der Waals surface area contributed by atoms with Crippen molar-refractivity contribution in [1.82, 2.24) is 15.6 Å². The summed E-state index contributed by atoms with van der Waals surface area (Å²) in [5, 5.41) is 8.63. The van der Waals surface area contributed by atoms with Crippen molar-refractivity contribution in [3.63, 3.8) is 0 Å². The second-order valence-corrected chi connectivity index (χ2v) is 5.68. The molecule has 5 nitrogen and oxygen atoms in total. The van der Waals surface area contributed by atoms with Crippen LogP contribution in [-0.4, -0.2) is 23.5 Å². The molecule has 0 unspecified atom stereocenters. The van der Waals surface area contributed by atoms with Gasteiger partial charge in [-0.2, -0.15) is 0 Å². The van der Waals surface area contributed by atoms with Gasteiger partial charge in [-0.15, -0.1) is 11.3 Å². The molecule has 6 heteroatoms. The zero-order valence-electron chi connectivity index (χ0n) is 11.4. The Bertz CT molecular complexity index is 572. The smallest absolute Gasteiger partial charge is 0.236 e. The molecule has 1 saturated carbocycles. The van der Waals surface area contributed by atoms with Gasteiger partial charge in [0.15, 0.2) is 5.96 Å². The van der Waals surface area contributed by atoms with Crippen molar-refractivity contribution in [2.75, 3.05) is 6.54 Å². The first-order chi connectivity index (χ1) is 9.85. The molecule has 1 aliphatic rings. The minimum absolute atomic E-state index is 0.525. The van der Waals surface area contributed by atoms with Gasteiger partial charge in [0, 0.05) is 12.6 Å². The highest BCUT2D eigenvalue weighted by Crippen LogP contribution is 2.23. The highest BCUT2D eigenvalue weighted by molar-refractivity contribution is 7.13. The van der Waals surface area contributed by atoms with E-state index in [1.54, 1.807) is 17.6 Å². The fourth-order valence-corrected chi connectivity index (χ4v) is 2.45. The van der Waals surface area contributed by atoms with Gasteiger partial charge in [0.05, 0.1) is 11.4 Å². The summed E-state index contributed by atoms with van der Waals surface area (Å²) in [5.41, 5.74) is 0.849. The number of rotatable bonds is 5. The number of nitrogens with one attached hydrogen (secondary N) is 2. The molecule has 0 amide bonds. The molecule has 3 rings (SSSR count). The summed E-state index contributed by atoms with van der Waals surface area (Å²) >= 11 is 1.62. The molecule has 0 bridgehead atoms. The highest BCUT2D eigenvalue weighted by atomic mass is 32.1. The molecule has 0 radical (unpaired) electrons. The number of hydrogen-bond donors (Lipinski definition) is 2. The molecule has 1 fully saturated rings. The van der Waals surface area contributed by atoms with E-state index in [0.29, 0.717) is 18.5 Å². The fourth-order valence-electron chi connectivity index (χ4n) is 1.79. The van der Waals surface area contributed by atoms with Gasteiger partial charge in [0.1, 0.15) is 12.0 Å². The normalized spacial score (nSPS) is 15.3. The van der Waals surface area contributed by atoms with E-state index >= 15 is 0 Å². The monoisotopic (exact) mass is 290 g/mol. The van der Waals surface area contributed by atoms with Crippen molar-refractivity contribution in [1.29, 1.82) is 0 Å². The molecule has 2 aromatic heterocycles. The molecule has 1 aliphatic carbocycles. The van der Waals surface area contributed by atoms with E-state index in [1.165, 1.54) is 12.8 Å². The van der Waals surface area contributed by atoms with Gasteiger partial charge < -0.3 is 15.1 Å². The average molecular weight is 290 g/mol. The van der Waals surface area contributed by atoms with Gasteiger partial charge >= 0.3 is 0 Å². The summed E-state index contributed by atoms with van der Waals surface area (Å²) in [6.07, 6.45) is 4.15. The molecule has 20 heavy (non-hydrogen) atoms. The van der Waals surface area contributed by atoms with Crippen molar-refractivity contribution in [3.05, 3.63) is 29.5 Å². The Hall–Kier alpha value is -1.82. The molecule has 0 spiro atoms. The van der Waals surface area contributed by atoms with Crippen LogP contribution < -0.4 is 10.6 Å². The van der Waals surface area contributed by atoms with Crippen LogP contribution in [0.25, 0.3) is 10.8 Å². The lowest BCUT2D eigenvalue weighted by Gasteiger charge is -2.09. The molecule has 2 heterocycles. The van der Waals surface area contributed by atoms with Gasteiger partial charge in [-0.05, 0) is 31.2 Å². The predicted molar refractivity (Wildman–Crippen MR) is 80.8 cm³/mol. The number of aromatic nitrogens is 1. The summed E-state index contributed by atoms with van der Waals surface area (Å²) in [5.74, 6) is 1.53. The van der Waals surface area contributed by atoms with Gasteiger partial charge in [0.2, 0.25) is 5.89 Å². The summed E-state index contributed by atoms with van der Waals surface area (Å²) in [4.78, 5) is 10.0. The lowest BCUT2D eigenvalue weighted by atomic mass is 10.4. The second kappa shape index (κ2) is 6.09. The lowest BCUT2D eigenvalue weighted by Crippen LogP contribution is -2.38. The fraction of sp³-hybridized carbons (Fsp3) is 0.429. The van der Waals surface area contributed by atoms with Crippen LogP contribution in [0.4, 0.5) is 0 Å². The largest absolute Gasteiger partial charge is 0.443 e. The highest BCUT2D eigenvalue weighted by Gasteiger charge is 2.22. The van der Waals surface area contributed by atoms with E-state index in [0.717, 1.165) is 23.1 Å². The van der Waals surface area contributed by atoms with E-state index < -0.39 is 0 Å². The summed E-state index contributed by atoms with van der Waals surface area (Å²) in [6, 6.07) is 4.58. The van der Waals surface area contributed by atoms with E-state index in [1.807, 2.05) is 17.5 Å². The van der Waals surface area contributed by atoms with Crippen molar-refractivity contribution in [3.8, 4) is 10.8 Å². The minimum atomic E-state index is 0.525. The lowest BCUT2D eigenvalue weighted by molar-refractivity contribution is 0.574. The van der Waals surface area contributed by atoms with Gasteiger partial charge in [-0.25, -0.2) is 9.98 Å². The maximum atomic E-state index is 5.48. The van der Waals surface area contributed by atoms with Crippen LogP contribution in [-0.2, 0) is 6.54 Å². The predicted octanol–water partition coefficient (Wildman–Crippen LogP) is 2.62. The molecular weight excluding hydrogens is 272 g/mol. The summed E-state index contributed by atoms with van der Waals surface area (Å²) < 4.78 is 5.48. The van der Waals surface area contributed by atoms with Crippen LogP contribution in [0, 0.1) is 0 Å². The Balaban J connectivity index is 1.64. The first kappa shape index (κ1) is 13.2. The maximum absolute atomic E-state index is 5.48. The van der Waals surface area contributed by atoms with E-state index in [2.05, 4.69) is 27.5 Å². The summed E-state index contributed by atoms with van der Waals surface area (Å²) in [6.45, 7) is 3.45. The molecule has 2 aromatic rings. The first-order valence-corrected chi connectivity index (χ1v) is 7.76. The van der Waals surface area contributed by atoms with Crippen LogP contribution in [0.5, 0.6) is 0 Å². The minimum Gasteiger partial charge on any atom is -0.443 e. The number of guanidine groups is 1. The van der Waals surface area contributed by atoms with Crippen LogP contribution >= 0.6 is 11.3 Å². The second-order valence-electron chi connectivity index (χ2n) is 4.74. The topological polar surface area (TPSA) is 62.5 Å². The average Bonchev–Trinajstić information content (AvgIpc) is 2.96.